The first-order chi connectivity index (χ1) is 25.3. The van der Waals surface area contributed by atoms with Gasteiger partial charge in [-0.2, -0.15) is 0 Å². The summed E-state index contributed by atoms with van der Waals surface area (Å²) in [6.07, 6.45) is 61.3. The number of carbonyl (C=O) groups is 1. The van der Waals surface area contributed by atoms with E-state index in [4.69, 9.17) is 5.11 Å². The van der Waals surface area contributed by atoms with Gasteiger partial charge in [0.15, 0.2) is 0 Å². The monoisotopic (exact) mass is 720 g/mol. The average Bonchev–Trinajstić information content (AvgIpc) is 3.13. The Bertz CT molecular complexity index is 622. The van der Waals surface area contributed by atoms with Gasteiger partial charge in [0.2, 0.25) is 0 Å². The second-order valence-electron chi connectivity index (χ2n) is 16.7. The zero-order valence-corrected chi connectivity index (χ0v) is 35.4. The molecule has 2 N–H and O–H groups in total. The average molecular weight is 720 g/mol. The molecule has 0 heterocycles. The summed E-state index contributed by atoms with van der Waals surface area (Å²) >= 11 is 0. The summed E-state index contributed by atoms with van der Waals surface area (Å²) in [6, 6.07) is 0. The highest BCUT2D eigenvalue weighted by molar-refractivity contribution is 5.66. The minimum Gasteiger partial charge on any atom is -0.481 e. The van der Waals surface area contributed by atoms with E-state index in [0.717, 1.165) is 12.8 Å². The predicted octanol–water partition coefficient (Wildman–Crippen LogP) is 16.8. The largest absolute Gasteiger partial charge is 0.481 e. The third-order valence-corrected chi connectivity index (χ3v) is 11.5. The fraction of sp³-hybridized carbons (Fsp3) is 0.979. The number of rotatable bonds is 47. The molecule has 306 valence electrons. The molecule has 0 fully saturated rings. The first-order valence-electron chi connectivity index (χ1n) is 24.2. The zero-order chi connectivity index (χ0) is 36.8. The van der Waals surface area contributed by atoms with E-state index in [1.54, 1.807) is 0 Å². The van der Waals surface area contributed by atoms with Crippen LogP contribution in [0.15, 0.2) is 0 Å². The molecule has 0 aromatic carbocycles. The van der Waals surface area contributed by atoms with Crippen LogP contribution in [0, 0.1) is 0 Å². The van der Waals surface area contributed by atoms with E-state index < -0.39 is 5.97 Å². The maximum Gasteiger partial charge on any atom is 0.303 e. The normalized spacial score (nSPS) is 11.5. The molecular weight excluding hydrogens is 623 g/mol. The minimum atomic E-state index is -0.647. The second-order valence-corrected chi connectivity index (χ2v) is 16.7. The highest BCUT2D eigenvalue weighted by Gasteiger charge is 1.99. The van der Waals surface area contributed by atoms with Crippen LogP contribution in [-0.4, -0.2) is 24.2 Å². The van der Waals surface area contributed by atoms with Crippen LogP contribution >= 0.6 is 0 Å². The van der Waals surface area contributed by atoms with Gasteiger partial charge in [-0.15, -0.1) is 0 Å². The first kappa shape index (κ1) is 50.4. The number of hydrogen-bond donors (Lipinski definition) is 2. The van der Waals surface area contributed by atoms with Crippen LogP contribution < -0.4 is 5.32 Å². The van der Waals surface area contributed by atoms with E-state index in [-0.39, 0.29) is 0 Å². The molecule has 0 radical (unpaired) electrons. The highest BCUT2D eigenvalue weighted by Crippen LogP contribution is 2.18. The van der Waals surface area contributed by atoms with E-state index >= 15 is 0 Å². The van der Waals surface area contributed by atoms with Crippen molar-refractivity contribution in [3.8, 4) is 0 Å². The molecule has 0 amide bonds. The van der Waals surface area contributed by atoms with Gasteiger partial charge in [-0.3, -0.25) is 4.79 Å². The van der Waals surface area contributed by atoms with E-state index in [1.807, 2.05) is 0 Å². The molecule has 0 atom stereocenters. The van der Waals surface area contributed by atoms with Crippen molar-refractivity contribution in [2.24, 2.45) is 0 Å². The maximum absolute atomic E-state index is 10.5. The van der Waals surface area contributed by atoms with Gasteiger partial charge in [-0.1, -0.05) is 264 Å². The molecule has 0 aliphatic carbocycles. The zero-order valence-electron chi connectivity index (χ0n) is 35.4. The van der Waals surface area contributed by atoms with E-state index in [0.29, 0.717) is 6.42 Å². The molecule has 0 spiro atoms. The number of unbranched alkanes of at least 4 members (excludes halogenated alkanes) is 41. The minimum absolute atomic E-state index is 0.346. The van der Waals surface area contributed by atoms with Gasteiger partial charge in [0.1, 0.15) is 0 Å². The molecule has 0 aliphatic rings. The molecule has 51 heavy (non-hydrogen) atoms. The van der Waals surface area contributed by atoms with Crippen LogP contribution in [-0.2, 0) is 4.79 Å². The molecule has 3 heteroatoms. The van der Waals surface area contributed by atoms with Crippen molar-refractivity contribution in [1.82, 2.24) is 5.32 Å². The Morgan fingerprint density at radius 3 is 0.667 bits per heavy atom. The van der Waals surface area contributed by atoms with E-state index in [9.17, 15) is 4.79 Å². The summed E-state index contributed by atoms with van der Waals surface area (Å²) in [7, 11) is 0. The smallest absolute Gasteiger partial charge is 0.303 e. The number of carboxylic acid groups (broad SMARTS) is 1. The van der Waals surface area contributed by atoms with Gasteiger partial charge >= 0.3 is 5.97 Å². The number of nitrogens with one attached hydrogen (secondary N) is 1. The standard InChI is InChI=1S/C48H97NO2/c1-2-3-4-43-46-49-47-44-41-39-37-35-33-31-29-27-25-23-21-19-17-15-13-11-9-7-5-6-8-10-12-14-16-18-20-22-24-26-28-30-32-34-36-38-40-42-45-48(50)51/h49H,2-47H2,1H3,(H,50,51). The Labute approximate surface area is 322 Å². The van der Waals surface area contributed by atoms with Crippen LogP contribution in [0.3, 0.4) is 0 Å². The molecule has 0 aromatic heterocycles. The predicted molar refractivity (Wildman–Crippen MR) is 229 cm³/mol. The van der Waals surface area contributed by atoms with Gasteiger partial charge in [0.05, 0.1) is 0 Å². The lowest BCUT2D eigenvalue weighted by molar-refractivity contribution is -0.137. The number of aliphatic carboxylic acids is 1. The summed E-state index contributed by atoms with van der Waals surface area (Å²) in [5, 5.41) is 12.3. The lowest BCUT2D eigenvalue weighted by Crippen LogP contribution is -2.16. The van der Waals surface area contributed by atoms with Crippen molar-refractivity contribution in [2.45, 2.75) is 289 Å². The molecule has 3 nitrogen and oxygen atoms in total. The van der Waals surface area contributed by atoms with Gasteiger partial charge in [-0.05, 0) is 32.4 Å². The van der Waals surface area contributed by atoms with Crippen molar-refractivity contribution in [3.63, 3.8) is 0 Å². The van der Waals surface area contributed by atoms with Crippen LogP contribution in [0.25, 0.3) is 0 Å². The van der Waals surface area contributed by atoms with Gasteiger partial charge in [-0.25, -0.2) is 0 Å². The first-order valence-corrected chi connectivity index (χ1v) is 24.2. The maximum atomic E-state index is 10.5. The summed E-state index contributed by atoms with van der Waals surface area (Å²) < 4.78 is 0. The fourth-order valence-electron chi connectivity index (χ4n) is 7.87. The lowest BCUT2D eigenvalue weighted by atomic mass is 10.0. The summed E-state index contributed by atoms with van der Waals surface area (Å²) in [4.78, 5) is 10.5. The van der Waals surface area contributed by atoms with Crippen LogP contribution in [0.1, 0.15) is 289 Å². The Morgan fingerprint density at radius 2 is 0.471 bits per heavy atom. The summed E-state index contributed by atoms with van der Waals surface area (Å²) in [5.74, 6) is -0.647. The molecule has 0 aliphatic heterocycles. The second kappa shape index (κ2) is 47.5. The van der Waals surface area contributed by atoms with Crippen LogP contribution in [0.4, 0.5) is 0 Å². The Kier molecular flexibility index (Phi) is 46.9. The van der Waals surface area contributed by atoms with Gasteiger partial charge in [0, 0.05) is 6.42 Å². The number of hydrogen-bond acceptors (Lipinski definition) is 2. The molecular formula is C48H97NO2. The quantitative estimate of drug-likeness (QED) is 0.0616. The fourth-order valence-corrected chi connectivity index (χ4v) is 7.87. The van der Waals surface area contributed by atoms with E-state index in [1.165, 1.54) is 276 Å². The Morgan fingerprint density at radius 1 is 0.294 bits per heavy atom. The Balaban J connectivity index is 3.05. The van der Waals surface area contributed by atoms with Crippen molar-refractivity contribution in [3.05, 3.63) is 0 Å². The van der Waals surface area contributed by atoms with Crippen LogP contribution in [0.5, 0.6) is 0 Å². The topological polar surface area (TPSA) is 49.3 Å². The lowest BCUT2D eigenvalue weighted by Gasteiger charge is -2.05. The molecule has 0 unspecified atom stereocenters. The Hall–Kier alpha value is -0.570. The van der Waals surface area contributed by atoms with Crippen LogP contribution in [0.2, 0.25) is 0 Å². The van der Waals surface area contributed by atoms with E-state index in [2.05, 4.69) is 12.2 Å². The van der Waals surface area contributed by atoms with Gasteiger partial charge < -0.3 is 10.4 Å². The molecule has 0 aromatic rings. The summed E-state index contributed by atoms with van der Waals surface area (Å²) in [5.41, 5.74) is 0. The SMILES string of the molecule is CCCCCCNCCCCCCCCCCCCCCCCCCCCCCCCCCCCCCCCCCCCCCCCCC(=O)O. The molecule has 0 saturated heterocycles. The van der Waals surface area contributed by atoms with Crippen molar-refractivity contribution < 1.29 is 9.90 Å². The number of carboxylic acids is 1. The van der Waals surface area contributed by atoms with Crippen molar-refractivity contribution in [2.75, 3.05) is 13.1 Å². The highest BCUT2D eigenvalue weighted by atomic mass is 16.4. The molecule has 0 rings (SSSR count). The summed E-state index contributed by atoms with van der Waals surface area (Å²) in [6.45, 7) is 4.76. The third-order valence-electron chi connectivity index (χ3n) is 11.5. The van der Waals surface area contributed by atoms with Crippen molar-refractivity contribution >= 4 is 5.97 Å². The van der Waals surface area contributed by atoms with Crippen molar-refractivity contribution in [1.29, 1.82) is 0 Å². The molecule has 0 saturated carbocycles. The van der Waals surface area contributed by atoms with Gasteiger partial charge in [0.25, 0.3) is 0 Å². The molecule has 0 bridgehead atoms. The third kappa shape index (κ3) is 49.4.